The second kappa shape index (κ2) is 13.0. The van der Waals surface area contributed by atoms with E-state index in [1.165, 1.54) is 31.4 Å². The van der Waals surface area contributed by atoms with Crippen molar-refractivity contribution in [2.45, 2.75) is 31.1 Å². The van der Waals surface area contributed by atoms with E-state index < -0.39 is 15.9 Å². The van der Waals surface area contributed by atoms with E-state index >= 15 is 0 Å². The van der Waals surface area contributed by atoms with Gasteiger partial charge < -0.3 is 34.1 Å². The van der Waals surface area contributed by atoms with Crippen LogP contribution < -0.4 is 33.7 Å². The van der Waals surface area contributed by atoms with E-state index in [1.807, 2.05) is 20.8 Å². The Morgan fingerprint density at radius 1 is 0.933 bits per heavy atom. The molecule has 1 aliphatic heterocycles. The number of methoxy groups -OCH3 is 1. The van der Waals surface area contributed by atoms with Crippen molar-refractivity contribution in [2.24, 2.45) is 0 Å². The van der Waals surface area contributed by atoms with Gasteiger partial charge in [-0.2, -0.15) is 0 Å². The zero-order chi connectivity index (χ0) is 32.2. The van der Waals surface area contributed by atoms with E-state index in [4.69, 9.17) is 23.7 Å². The van der Waals surface area contributed by atoms with Gasteiger partial charge in [0.25, 0.3) is 15.9 Å². The number of nitrogens with one attached hydrogen (secondary N) is 2. The standard InChI is InChI=1S/C33H34N2O9S/c1-33(2,3)22-8-11-26(12-9-22)45(38,39)35-27-16-21(32(37)34-23-10-13-28-29(18-23)43-20-42-28)17-30(41-15-14-36)31(27)44-25-7-5-6-24(19-25)40-4/h5-13,16-19,35-36H,14-15,20H2,1-4H3,(H,34,37). The fourth-order valence-electron chi connectivity index (χ4n) is 4.48. The van der Waals surface area contributed by atoms with Crippen LogP contribution in [0.3, 0.4) is 0 Å². The van der Waals surface area contributed by atoms with Gasteiger partial charge in [-0.1, -0.05) is 39.0 Å². The molecule has 0 bridgehead atoms. The molecule has 0 saturated carbocycles. The summed E-state index contributed by atoms with van der Waals surface area (Å²) in [5.41, 5.74) is 1.21. The van der Waals surface area contributed by atoms with Crippen LogP contribution in [0.25, 0.3) is 0 Å². The predicted molar refractivity (Wildman–Crippen MR) is 169 cm³/mol. The van der Waals surface area contributed by atoms with Gasteiger partial charge in [0.2, 0.25) is 6.79 Å². The van der Waals surface area contributed by atoms with Crippen molar-refractivity contribution in [1.82, 2.24) is 0 Å². The van der Waals surface area contributed by atoms with E-state index in [-0.39, 0.29) is 53.1 Å². The average molecular weight is 635 g/mol. The van der Waals surface area contributed by atoms with Crippen molar-refractivity contribution in [3.05, 3.63) is 90.0 Å². The Hall–Kier alpha value is -4.94. The number of hydrogen-bond donors (Lipinski definition) is 3. The molecule has 1 amide bonds. The summed E-state index contributed by atoms with van der Waals surface area (Å²) in [4.78, 5) is 13.5. The molecule has 5 rings (SSSR count). The normalized spacial score (nSPS) is 12.4. The lowest BCUT2D eigenvalue weighted by atomic mass is 9.87. The number of ether oxygens (including phenoxy) is 5. The summed E-state index contributed by atoms with van der Waals surface area (Å²) in [6.45, 7) is 5.69. The van der Waals surface area contributed by atoms with Crippen molar-refractivity contribution in [3.63, 3.8) is 0 Å². The van der Waals surface area contributed by atoms with Gasteiger partial charge in [0.15, 0.2) is 23.0 Å². The topological polar surface area (TPSA) is 142 Å². The highest BCUT2D eigenvalue weighted by Crippen LogP contribution is 2.42. The van der Waals surface area contributed by atoms with Gasteiger partial charge in [-0.3, -0.25) is 9.52 Å². The average Bonchev–Trinajstić information content (AvgIpc) is 3.48. The van der Waals surface area contributed by atoms with E-state index in [0.717, 1.165) is 5.56 Å². The third-order valence-electron chi connectivity index (χ3n) is 6.83. The monoisotopic (exact) mass is 634 g/mol. The first kappa shape index (κ1) is 31.5. The number of benzene rings is 4. The minimum atomic E-state index is -4.17. The Balaban J connectivity index is 1.56. The number of carbonyl (C=O) groups excluding carboxylic acids is 1. The van der Waals surface area contributed by atoms with Gasteiger partial charge in [-0.05, 0) is 59.5 Å². The van der Waals surface area contributed by atoms with Crippen LogP contribution in [0.4, 0.5) is 11.4 Å². The van der Waals surface area contributed by atoms with E-state index in [0.29, 0.717) is 28.7 Å². The zero-order valence-electron chi connectivity index (χ0n) is 25.2. The molecular weight excluding hydrogens is 600 g/mol. The quantitative estimate of drug-likeness (QED) is 0.183. The molecule has 4 aromatic carbocycles. The van der Waals surface area contributed by atoms with E-state index in [9.17, 15) is 18.3 Å². The lowest BCUT2D eigenvalue weighted by Gasteiger charge is -2.20. The summed E-state index contributed by atoms with van der Waals surface area (Å²) in [5, 5.41) is 12.3. The number of amides is 1. The van der Waals surface area contributed by atoms with Crippen LogP contribution in [0, 0.1) is 0 Å². The van der Waals surface area contributed by atoms with Crippen LogP contribution >= 0.6 is 0 Å². The van der Waals surface area contributed by atoms with Crippen LogP contribution in [0.5, 0.6) is 34.5 Å². The second-order valence-electron chi connectivity index (χ2n) is 11.1. The number of aliphatic hydroxyl groups excluding tert-OH is 1. The molecule has 0 spiro atoms. The zero-order valence-corrected chi connectivity index (χ0v) is 26.1. The first-order valence-corrected chi connectivity index (χ1v) is 15.5. The van der Waals surface area contributed by atoms with E-state index in [2.05, 4.69) is 10.0 Å². The molecule has 0 fully saturated rings. The molecule has 0 radical (unpaired) electrons. The van der Waals surface area contributed by atoms with Crippen LogP contribution in [0.1, 0.15) is 36.7 Å². The predicted octanol–water partition coefficient (Wildman–Crippen LogP) is 5.94. The Morgan fingerprint density at radius 2 is 1.67 bits per heavy atom. The lowest BCUT2D eigenvalue weighted by molar-refractivity contribution is 0.102. The third-order valence-corrected chi connectivity index (χ3v) is 8.21. The molecule has 0 aromatic heterocycles. The third kappa shape index (κ3) is 7.41. The smallest absolute Gasteiger partial charge is 0.262 e. The summed E-state index contributed by atoms with van der Waals surface area (Å²) >= 11 is 0. The maximum atomic E-state index is 13.7. The van der Waals surface area contributed by atoms with Crippen LogP contribution in [0.15, 0.2) is 83.8 Å². The summed E-state index contributed by atoms with van der Waals surface area (Å²) < 4.78 is 57.9. The summed E-state index contributed by atoms with van der Waals surface area (Å²) in [7, 11) is -2.66. The molecule has 3 N–H and O–H groups in total. The molecule has 45 heavy (non-hydrogen) atoms. The number of aliphatic hydroxyl groups is 1. The molecule has 1 heterocycles. The number of sulfonamides is 1. The number of anilines is 2. The van der Waals surface area contributed by atoms with Crippen molar-refractivity contribution in [3.8, 4) is 34.5 Å². The highest BCUT2D eigenvalue weighted by molar-refractivity contribution is 7.92. The Labute approximate surface area is 261 Å². The molecule has 12 heteroatoms. The lowest BCUT2D eigenvalue weighted by Crippen LogP contribution is -2.17. The minimum absolute atomic E-state index is 0.0101. The molecule has 0 atom stereocenters. The Bertz CT molecular complexity index is 1800. The van der Waals surface area contributed by atoms with Crippen molar-refractivity contribution in [2.75, 3.05) is 37.2 Å². The number of fused-ring (bicyclic) bond motifs is 1. The summed E-state index contributed by atoms with van der Waals surface area (Å²) in [6, 6.07) is 20.9. The molecular formula is C33H34N2O9S. The minimum Gasteiger partial charge on any atom is -0.497 e. The van der Waals surface area contributed by atoms with Gasteiger partial charge in [0.1, 0.15) is 18.1 Å². The molecule has 1 aliphatic rings. The maximum absolute atomic E-state index is 13.7. The van der Waals surface area contributed by atoms with Gasteiger partial charge >= 0.3 is 0 Å². The molecule has 0 saturated heterocycles. The first-order valence-electron chi connectivity index (χ1n) is 14.0. The molecule has 0 unspecified atom stereocenters. The molecule has 236 valence electrons. The highest BCUT2D eigenvalue weighted by atomic mass is 32.2. The second-order valence-corrected chi connectivity index (χ2v) is 12.8. The van der Waals surface area contributed by atoms with Crippen LogP contribution in [0.2, 0.25) is 0 Å². The largest absolute Gasteiger partial charge is 0.497 e. The van der Waals surface area contributed by atoms with Crippen molar-refractivity contribution < 1.29 is 42.0 Å². The first-order chi connectivity index (χ1) is 21.5. The highest BCUT2D eigenvalue weighted by Gasteiger charge is 2.25. The molecule has 11 nitrogen and oxygen atoms in total. The molecule has 4 aromatic rings. The van der Waals surface area contributed by atoms with Gasteiger partial charge in [-0.15, -0.1) is 0 Å². The fourth-order valence-corrected chi connectivity index (χ4v) is 5.53. The van der Waals surface area contributed by atoms with Gasteiger partial charge in [-0.25, -0.2) is 8.42 Å². The number of carbonyl (C=O) groups is 1. The van der Waals surface area contributed by atoms with Crippen molar-refractivity contribution >= 4 is 27.3 Å². The number of hydrogen-bond acceptors (Lipinski definition) is 9. The van der Waals surface area contributed by atoms with Crippen LogP contribution in [-0.4, -0.2) is 46.5 Å². The van der Waals surface area contributed by atoms with Gasteiger partial charge in [0, 0.05) is 23.4 Å². The Kier molecular flexibility index (Phi) is 9.07. The van der Waals surface area contributed by atoms with Gasteiger partial charge in [0.05, 0.1) is 24.3 Å². The SMILES string of the molecule is COc1cccc(Oc2c(NS(=O)(=O)c3ccc(C(C)(C)C)cc3)cc(C(=O)Nc3ccc4c(c3)OCO4)cc2OCCO)c1. The fraction of sp³-hybridized carbons (Fsp3) is 0.242. The van der Waals surface area contributed by atoms with Crippen LogP contribution in [-0.2, 0) is 15.4 Å². The summed E-state index contributed by atoms with van der Waals surface area (Å²) in [6.07, 6.45) is 0. The molecule has 0 aliphatic carbocycles. The Morgan fingerprint density at radius 3 is 2.38 bits per heavy atom. The van der Waals surface area contributed by atoms with E-state index in [1.54, 1.807) is 54.6 Å². The summed E-state index contributed by atoms with van der Waals surface area (Å²) in [5.74, 6) is 1.29. The maximum Gasteiger partial charge on any atom is 0.262 e. The van der Waals surface area contributed by atoms with Crippen molar-refractivity contribution in [1.29, 1.82) is 0 Å². The number of rotatable bonds is 11.